The molecule has 0 unspecified atom stereocenters. The van der Waals surface area contributed by atoms with Gasteiger partial charge in [0.15, 0.2) is 0 Å². The Kier molecular flexibility index (Phi) is 3.69. The summed E-state index contributed by atoms with van der Waals surface area (Å²) in [5.41, 5.74) is 6.84. The summed E-state index contributed by atoms with van der Waals surface area (Å²) in [4.78, 5) is 4.33. The molecule has 20 heavy (non-hydrogen) atoms. The molecule has 4 N–H and O–H groups in total. The number of aliphatic hydroxyl groups is 1. The van der Waals surface area contributed by atoms with Crippen molar-refractivity contribution in [2.24, 2.45) is 0 Å². The van der Waals surface area contributed by atoms with E-state index in [1.165, 1.54) is 0 Å². The summed E-state index contributed by atoms with van der Waals surface area (Å²) in [6.45, 7) is 7.43. The molecule has 0 aliphatic carbocycles. The van der Waals surface area contributed by atoms with Crippen LogP contribution in [0, 0.1) is 0 Å². The van der Waals surface area contributed by atoms with Crippen LogP contribution in [0.3, 0.4) is 0 Å². The molecular formula is C15H20BrN3O. The average Bonchev–Trinajstić information content (AvgIpc) is 2.31. The number of nitrogen functional groups attached to an aromatic ring is 1. The number of nitrogens with one attached hydrogen (secondary N) is 1. The highest BCUT2D eigenvalue weighted by atomic mass is 79.9. The van der Waals surface area contributed by atoms with Crippen LogP contribution in [0.5, 0.6) is 0 Å². The molecule has 0 fully saturated rings. The van der Waals surface area contributed by atoms with E-state index in [-0.39, 0.29) is 0 Å². The highest BCUT2D eigenvalue weighted by molar-refractivity contribution is 9.10. The summed E-state index contributed by atoms with van der Waals surface area (Å²) < 4.78 is 0.960. The summed E-state index contributed by atoms with van der Waals surface area (Å²) in [6.07, 6.45) is 1.64. The zero-order chi connectivity index (χ0) is 15.1. The number of hydrogen-bond acceptors (Lipinski definition) is 4. The van der Waals surface area contributed by atoms with Crippen LogP contribution < -0.4 is 11.1 Å². The van der Waals surface area contributed by atoms with Crippen LogP contribution in [0.1, 0.15) is 27.7 Å². The van der Waals surface area contributed by atoms with Crippen molar-refractivity contribution in [1.29, 1.82) is 0 Å². The molecule has 0 atom stereocenters. The van der Waals surface area contributed by atoms with E-state index in [0.717, 1.165) is 21.1 Å². The molecule has 1 aromatic heterocycles. The Morgan fingerprint density at radius 1 is 1.25 bits per heavy atom. The van der Waals surface area contributed by atoms with Gasteiger partial charge in [-0.15, -0.1) is 0 Å². The van der Waals surface area contributed by atoms with Crippen molar-refractivity contribution in [2.45, 2.75) is 38.8 Å². The van der Waals surface area contributed by atoms with Crippen molar-refractivity contribution in [2.75, 3.05) is 11.1 Å². The van der Waals surface area contributed by atoms with E-state index in [1.807, 2.05) is 32.0 Å². The summed E-state index contributed by atoms with van der Waals surface area (Å²) in [6, 6.07) is 5.85. The predicted octanol–water partition coefficient (Wildman–Crippen LogP) is 3.54. The van der Waals surface area contributed by atoms with Gasteiger partial charge in [0.1, 0.15) is 0 Å². The van der Waals surface area contributed by atoms with Crippen molar-refractivity contribution in [3.63, 3.8) is 0 Å². The van der Waals surface area contributed by atoms with Crippen molar-refractivity contribution >= 4 is 38.2 Å². The number of halogens is 1. The lowest BCUT2D eigenvalue weighted by molar-refractivity contribution is 0.0241. The van der Waals surface area contributed by atoms with E-state index in [9.17, 15) is 5.11 Å². The van der Waals surface area contributed by atoms with Crippen LogP contribution >= 0.6 is 15.9 Å². The second-order valence-corrected chi connectivity index (χ2v) is 6.97. The Morgan fingerprint density at radius 3 is 2.50 bits per heavy atom. The zero-order valence-electron chi connectivity index (χ0n) is 12.2. The second-order valence-electron chi connectivity index (χ2n) is 6.06. The van der Waals surface area contributed by atoms with Crippen LogP contribution in [0.15, 0.2) is 28.9 Å². The van der Waals surface area contributed by atoms with E-state index >= 15 is 0 Å². The van der Waals surface area contributed by atoms with Crippen LogP contribution in [0.2, 0.25) is 0 Å². The van der Waals surface area contributed by atoms with Gasteiger partial charge in [0, 0.05) is 9.86 Å². The fourth-order valence-electron chi connectivity index (χ4n) is 1.79. The fourth-order valence-corrected chi connectivity index (χ4v) is 2.15. The molecule has 0 aliphatic rings. The molecule has 0 saturated heterocycles. The lowest BCUT2D eigenvalue weighted by Gasteiger charge is -2.39. The first kappa shape index (κ1) is 15.1. The first-order chi connectivity index (χ1) is 9.12. The normalized spacial score (nSPS) is 12.7. The zero-order valence-corrected chi connectivity index (χ0v) is 13.7. The van der Waals surface area contributed by atoms with E-state index in [1.54, 1.807) is 20.0 Å². The third-order valence-corrected chi connectivity index (χ3v) is 4.32. The minimum Gasteiger partial charge on any atom is -0.396 e. The summed E-state index contributed by atoms with van der Waals surface area (Å²) >= 11 is 3.46. The summed E-state index contributed by atoms with van der Waals surface area (Å²) in [5, 5.41) is 14.6. The lowest BCUT2D eigenvalue weighted by atomic mass is 9.85. The molecule has 1 heterocycles. The minimum absolute atomic E-state index is 0.544. The molecule has 0 amide bonds. The maximum absolute atomic E-state index is 10.3. The van der Waals surface area contributed by atoms with Gasteiger partial charge < -0.3 is 16.2 Å². The van der Waals surface area contributed by atoms with Gasteiger partial charge in [0.2, 0.25) is 0 Å². The van der Waals surface area contributed by atoms with Crippen LogP contribution in [0.25, 0.3) is 10.9 Å². The molecule has 0 aliphatic heterocycles. The van der Waals surface area contributed by atoms with Crippen LogP contribution in [-0.2, 0) is 0 Å². The predicted molar refractivity (Wildman–Crippen MR) is 87.9 cm³/mol. The molecule has 0 spiro atoms. The van der Waals surface area contributed by atoms with E-state index in [2.05, 4.69) is 26.2 Å². The van der Waals surface area contributed by atoms with Gasteiger partial charge in [0.25, 0.3) is 0 Å². The van der Waals surface area contributed by atoms with Gasteiger partial charge >= 0.3 is 0 Å². The topological polar surface area (TPSA) is 71.2 Å². The van der Waals surface area contributed by atoms with Gasteiger partial charge in [-0.3, -0.25) is 4.98 Å². The molecule has 2 rings (SSSR count). The van der Waals surface area contributed by atoms with Crippen molar-refractivity contribution in [3.8, 4) is 0 Å². The number of benzene rings is 1. The second kappa shape index (κ2) is 4.90. The maximum Gasteiger partial charge on any atom is 0.0814 e. The maximum atomic E-state index is 10.3. The first-order valence-corrected chi connectivity index (χ1v) is 7.25. The number of nitrogens with zero attached hydrogens (tertiary/aromatic N) is 1. The Labute approximate surface area is 127 Å². The van der Waals surface area contributed by atoms with E-state index in [0.29, 0.717) is 5.69 Å². The first-order valence-electron chi connectivity index (χ1n) is 6.46. The smallest absolute Gasteiger partial charge is 0.0814 e. The lowest BCUT2D eigenvalue weighted by Crippen LogP contribution is -2.51. The highest BCUT2D eigenvalue weighted by Crippen LogP contribution is 2.34. The van der Waals surface area contributed by atoms with Gasteiger partial charge in [-0.25, -0.2) is 0 Å². The number of rotatable bonds is 3. The Bertz CT molecular complexity index is 642. The molecule has 1 aromatic carbocycles. The third-order valence-electron chi connectivity index (χ3n) is 3.83. The van der Waals surface area contributed by atoms with E-state index < -0.39 is 11.1 Å². The molecule has 0 saturated carbocycles. The van der Waals surface area contributed by atoms with Crippen molar-refractivity contribution in [1.82, 2.24) is 4.98 Å². The molecule has 0 radical (unpaired) electrons. The number of hydrogen-bond donors (Lipinski definition) is 3. The Balaban J connectivity index is 2.59. The number of fused-ring (bicyclic) bond motifs is 1. The van der Waals surface area contributed by atoms with Gasteiger partial charge in [-0.05, 0) is 45.9 Å². The third kappa shape index (κ3) is 2.74. The molecule has 0 bridgehead atoms. The molecular weight excluding hydrogens is 318 g/mol. The van der Waals surface area contributed by atoms with Gasteiger partial charge in [-0.2, -0.15) is 0 Å². The number of nitrogens with two attached hydrogens (primary N) is 1. The minimum atomic E-state index is -0.902. The molecule has 4 nitrogen and oxygen atoms in total. The number of anilines is 2. The SMILES string of the molecule is CC(C)(O)C(C)(C)Nc1c(N)cnc2ccc(Br)cc12. The van der Waals surface area contributed by atoms with Crippen molar-refractivity contribution < 1.29 is 5.11 Å². The average molecular weight is 338 g/mol. The van der Waals surface area contributed by atoms with E-state index in [4.69, 9.17) is 5.73 Å². The monoisotopic (exact) mass is 337 g/mol. The quantitative estimate of drug-likeness (QED) is 0.800. The molecule has 2 aromatic rings. The number of aromatic nitrogens is 1. The number of pyridine rings is 1. The highest BCUT2D eigenvalue weighted by Gasteiger charge is 2.35. The fraction of sp³-hybridized carbons (Fsp3) is 0.400. The largest absolute Gasteiger partial charge is 0.396 e. The molecule has 5 heteroatoms. The summed E-state index contributed by atoms with van der Waals surface area (Å²) in [5.74, 6) is 0. The van der Waals surface area contributed by atoms with Gasteiger partial charge in [-0.1, -0.05) is 15.9 Å². The Morgan fingerprint density at radius 2 is 1.90 bits per heavy atom. The Hall–Kier alpha value is -1.33. The summed E-state index contributed by atoms with van der Waals surface area (Å²) in [7, 11) is 0. The molecule has 108 valence electrons. The standard InChI is InChI=1S/C15H20BrN3O/c1-14(2,15(3,4)20)19-13-10-7-9(16)5-6-12(10)18-8-11(13)17/h5-8,20H,17H2,1-4H3,(H,18,19). The van der Waals surface area contributed by atoms with Crippen LogP contribution in [-0.4, -0.2) is 21.2 Å². The van der Waals surface area contributed by atoms with Crippen molar-refractivity contribution in [3.05, 3.63) is 28.9 Å². The van der Waals surface area contributed by atoms with Crippen LogP contribution in [0.4, 0.5) is 11.4 Å². The van der Waals surface area contributed by atoms with Gasteiger partial charge in [0.05, 0.1) is 34.2 Å².